The molecule has 134 valence electrons. The molecule has 1 aromatic heterocycles. The van der Waals surface area contributed by atoms with Crippen molar-refractivity contribution in [2.24, 2.45) is 5.73 Å². The molecule has 0 amide bonds. The Morgan fingerprint density at radius 1 is 1.46 bits per heavy atom. The van der Waals surface area contributed by atoms with Crippen molar-refractivity contribution in [3.05, 3.63) is 33.1 Å². The van der Waals surface area contributed by atoms with Gasteiger partial charge in [-0.15, -0.1) is 0 Å². The van der Waals surface area contributed by atoms with Gasteiger partial charge in [-0.2, -0.15) is 0 Å². The van der Waals surface area contributed by atoms with Gasteiger partial charge >= 0.3 is 19.5 Å². The molecule has 0 unspecified atom stereocenters. The number of aromatic nitrogens is 2. The second kappa shape index (κ2) is 6.57. The summed E-state index contributed by atoms with van der Waals surface area (Å²) in [7, 11) is -5.13. The molecule has 7 N–H and O–H groups in total. The molecule has 1 aromatic rings. The van der Waals surface area contributed by atoms with Gasteiger partial charge in [0.05, 0.1) is 0 Å². The van der Waals surface area contributed by atoms with Gasteiger partial charge in [0.2, 0.25) is 0 Å². The molecule has 0 aliphatic carbocycles. The van der Waals surface area contributed by atoms with Gasteiger partial charge < -0.3 is 30.5 Å². The number of nitrogens with one attached hydrogen (secondary N) is 1. The predicted molar refractivity (Wildman–Crippen MR) is 73.8 cm³/mol. The summed E-state index contributed by atoms with van der Waals surface area (Å²) in [6.07, 6.45) is -6.00. The van der Waals surface area contributed by atoms with Crippen LogP contribution in [0.2, 0.25) is 0 Å². The molecule has 1 saturated heterocycles. The van der Waals surface area contributed by atoms with Crippen LogP contribution in [0.5, 0.6) is 0 Å². The number of rotatable bonds is 5. The summed E-state index contributed by atoms with van der Waals surface area (Å²) in [6.45, 7) is 0. The molecule has 0 spiro atoms. The second-order valence-corrected chi connectivity index (χ2v) is 6.12. The van der Waals surface area contributed by atoms with Gasteiger partial charge in [-0.3, -0.25) is 23.7 Å². The first-order chi connectivity index (χ1) is 11.0. The Bertz CT molecular complexity index is 784. The minimum Gasteiger partial charge on any atom is -0.480 e. The average Bonchev–Trinajstić information content (AvgIpc) is 2.74. The number of aliphatic hydroxyl groups is 1. The van der Waals surface area contributed by atoms with E-state index in [1.165, 1.54) is 0 Å². The van der Waals surface area contributed by atoms with Crippen LogP contribution in [-0.4, -0.2) is 59.9 Å². The largest absolute Gasteiger partial charge is 0.480 e. The van der Waals surface area contributed by atoms with Gasteiger partial charge in [0, 0.05) is 12.3 Å². The Morgan fingerprint density at radius 2 is 2.08 bits per heavy atom. The molecule has 1 aliphatic rings. The summed E-state index contributed by atoms with van der Waals surface area (Å²) in [5, 5.41) is 19.0. The summed E-state index contributed by atoms with van der Waals surface area (Å²) in [5.74, 6) is -1.55. The summed E-state index contributed by atoms with van der Waals surface area (Å²) < 4.78 is 21.3. The van der Waals surface area contributed by atoms with Crippen molar-refractivity contribution in [2.75, 3.05) is 0 Å². The lowest BCUT2D eigenvalue weighted by atomic mass is 10.0. The number of nitrogens with zero attached hydrogens (tertiary/aromatic N) is 1. The molecule has 0 saturated carbocycles. The van der Waals surface area contributed by atoms with Crippen LogP contribution in [0.4, 0.5) is 0 Å². The van der Waals surface area contributed by atoms with Crippen molar-refractivity contribution in [2.45, 2.75) is 30.6 Å². The lowest BCUT2D eigenvalue weighted by Crippen LogP contribution is -2.48. The minimum absolute atomic E-state index is 0.680. The van der Waals surface area contributed by atoms with Crippen molar-refractivity contribution in [1.82, 2.24) is 9.55 Å². The molecule has 1 aliphatic heterocycles. The summed E-state index contributed by atoms with van der Waals surface area (Å²) in [5.41, 5.74) is 3.59. The summed E-state index contributed by atoms with van der Waals surface area (Å²) in [4.78, 5) is 53.6. The Kier molecular flexibility index (Phi) is 5.05. The summed E-state index contributed by atoms with van der Waals surface area (Å²) >= 11 is 0. The molecule has 2 heterocycles. The van der Waals surface area contributed by atoms with Crippen molar-refractivity contribution >= 4 is 13.8 Å². The average molecular weight is 367 g/mol. The number of phosphoric ester groups is 1. The molecule has 0 aromatic carbocycles. The number of carboxylic acids is 1. The maximum absolute atomic E-state index is 11.8. The SMILES string of the molecule is N[C@H](C(=O)O)[C@H]1O[C@@H](n2ccc(=O)[nH]c2=O)[C@H](OP(=O)(O)O)[C@@H]1O. The molecule has 1 fully saturated rings. The third kappa shape index (κ3) is 3.79. The van der Waals surface area contributed by atoms with Crippen LogP contribution >= 0.6 is 7.82 Å². The van der Waals surface area contributed by atoms with Crippen molar-refractivity contribution in [3.8, 4) is 0 Å². The zero-order chi connectivity index (χ0) is 18.2. The zero-order valence-corrected chi connectivity index (χ0v) is 12.6. The monoisotopic (exact) mass is 367 g/mol. The molecule has 0 radical (unpaired) electrons. The topological polar surface area (TPSA) is 214 Å². The number of carboxylic acid groups (broad SMARTS) is 1. The predicted octanol–water partition coefficient (Wildman–Crippen LogP) is -3.32. The lowest BCUT2D eigenvalue weighted by Gasteiger charge is -2.22. The lowest BCUT2D eigenvalue weighted by molar-refractivity contribution is -0.144. The molecule has 0 bridgehead atoms. The van der Waals surface area contributed by atoms with Crippen LogP contribution in [-0.2, 0) is 18.6 Å². The third-order valence-electron chi connectivity index (χ3n) is 3.27. The van der Waals surface area contributed by atoms with Crippen LogP contribution < -0.4 is 17.0 Å². The second-order valence-electron chi connectivity index (χ2n) is 4.92. The first-order valence-electron chi connectivity index (χ1n) is 6.38. The third-order valence-corrected chi connectivity index (χ3v) is 3.79. The van der Waals surface area contributed by atoms with E-state index in [0.29, 0.717) is 4.57 Å². The number of aromatic amines is 1. The molecule has 2 rings (SSSR count). The quantitative estimate of drug-likeness (QED) is 0.283. The van der Waals surface area contributed by atoms with E-state index in [1.54, 1.807) is 0 Å². The van der Waals surface area contributed by atoms with E-state index < -0.39 is 55.6 Å². The fourth-order valence-corrected chi connectivity index (χ4v) is 2.78. The molecule has 5 atom stereocenters. The molecule has 13 nitrogen and oxygen atoms in total. The standard InChI is InChI=1S/C10H14N3O10P/c11-4(9(16)17)6-5(15)7(23-24(19,20)21)8(22-6)13-2-1-3(14)12-10(13)18/h1-2,4-8,15H,11H2,(H,16,17)(H,12,14,18)(H2,19,20,21)/t4-,5+,6+,7+,8+/m0/s1. The number of aliphatic carboxylic acids is 1. The van der Waals surface area contributed by atoms with Gasteiger partial charge in [0.1, 0.15) is 24.4 Å². The smallest absolute Gasteiger partial charge is 0.470 e. The highest BCUT2D eigenvalue weighted by Gasteiger charge is 2.52. The van der Waals surface area contributed by atoms with Crippen LogP contribution in [0.15, 0.2) is 21.9 Å². The zero-order valence-electron chi connectivity index (χ0n) is 11.8. The number of carbonyl (C=O) groups is 1. The molecular formula is C10H14N3O10P. The Balaban J connectivity index is 2.45. The Hall–Kier alpha value is -1.86. The van der Waals surface area contributed by atoms with Crippen molar-refractivity contribution in [3.63, 3.8) is 0 Å². The fourth-order valence-electron chi connectivity index (χ4n) is 2.24. The van der Waals surface area contributed by atoms with Gasteiger partial charge in [-0.1, -0.05) is 0 Å². The number of ether oxygens (including phenoxy) is 1. The van der Waals surface area contributed by atoms with E-state index in [2.05, 4.69) is 4.52 Å². The normalized spacial score (nSPS) is 28.7. The highest BCUT2D eigenvalue weighted by atomic mass is 31.2. The van der Waals surface area contributed by atoms with E-state index in [4.69, 9.17) is 25.4 Å². The van der Waals surface area contributed by atoms with E-state index in [9.17, 15) is 24.1 Å². The van der Waals surface area contributed by atoms with E-state index in [0.717, 1.165) is 12.3 Å². The van der Waals surface area contributed by atoms with Crippen molar-refractivity contribution in [1.29, 1.82) is 0 Å². The van der Waals surface area contributed by atoms with Crippen LogP contribution in [0.25, 0.3) is 0 Å². The first kappa shape index (κ1) is 18.5. The molecular weight excluding hydrogens is 353 g/mol. The summed E-state index contributed by atoms with van der Waals surface area (Å²) in [6, 6.07) is -0.845. The fraction of sp³-hybridized carbons (Fsp3) is 0.500. The maximum Gasteiger partial charge on any atom is 0.470 e. The number of H-pyrrole nitrogens is 1. The van der Waals surface area contributed by atoms with Gasteiger partial charge in [0.25, 0.3) is 5.56 Å². The van der Waals surface area contributed by atoms with Gasteiger partial charge in [-0.05, 0) is 0 Å². The molecule has 24 heavy (non-hydrogen) atoms. The highest BCUT2D eigenvalue weighted by Crippen LogP contribution is 2.44. The van der Waals surface area contributed by atoms with Crippen LogP contribution in [0.3, 0.4) is 0 Å². The number of aliphatic hydroxyl groups excluding tert-OH is 1. The Morgan fingerprint density at radius 3 is 2.58 bits per heavy atom. The van der Waals surface area contributed by atoms with Gasteiger partial charge in [-0.25, -0.2) is 9.36 Å². The first-order valence-corrected chi connectivity index (χ1v) is 7.91. The number of phosphoric acid groups is 1. The number of hydrogen-bond donors (Lipinski definition) is 6. The maximum atomic E-state index is 11.8. The van der Waals surface area contributed by atoms with Crippen LogP contribution in [0, 0.1) is 0 Å². The van der Waals surface area contributed by atoms with Gasteiger partial charge in [0.15, 0.2) is 6.23 Å². The van der Waals surface area contributed by atoms with Crippen molar-refractivity contribution < 1.29 is 38.6 Å². The Labute approximate surface area is 132 Å². The molecule has 14 heteroatoms. The number of nitrogens with two attached hydrogens (primary N) is 1. The minimum atomic E-state index is -5.13. The van der Waals surface area contributed by atoms with E-state index >= 15 is 0 Å². The van der Waals surface area contributed by atoms with E-state index in [1.807, 2.05) is 4.98 Å². The highest BCUT2D eigenvalue weighted by molar-refractivity contribution is 7.46. The van der Waals surface area contributed by atoms with E-state index in [-0.39, 0.29) is 0 Å². The van der Waals surface area contributed by atoms with Crippen LogP contribution in [0.1, 0.15) is 6.23 Å². The number of hydrogen-bond acceptors (Lipinski definition) is 8.